The van der Waals surface area contributed by atoms with E-state index in [1.165, 1.54) is 45.6 Å². The summed E-state index contributed by atoms with van der Waals surface area (Å²) in [6.07, 6.45) is 1.25. The highest BCUT2D eigenvalue weighted by Gasteiger charge is 2.22. The van der Waals surface area contributed by atoms with Crippen molar-refractivity contribution in [2.45, 2.75) is 19.6 Å². The van der Waals surface area contributed by atoms with Crippen molar-refractivity contribution in [1.29, 1.82) is 0 Å². The molecule has 1 N–H and O–H groups in total. The van der Waals surface area contributed by atoms with Gasteiger partial charge in [0, 0.05) is 36.0 Å². The van der Waals surface area contributed by atoms with Crippen LogP contribution in [-0.2, 0) is 11.3 Å². The molecule has 1 unspecified atom stereocenters. The van der Waals surface area contributed by atoms with Gasteiger partial charge in [0.15, 0.2) is 16.9 Å². The van der Waals surface area contributed by atoms with Crippen LogP contribution in [0.25, 0.3) is 0 Å². The lowest BCUT2D eigenvalue weighted by Gasteiger charge is -2.07. The van der Waals surface area contributed by atoms with Gasteiger partial charge in [0.05, 0.1) is 6.54 Å². The van der Waals surface area contributed by atoms with E-state index in [0.717, 1.165) is 10.7 Å². The first-order chi connectivity index (χ1) is 14.0. The van der Waals surface area contributed by atoms with Gasteiger partial charge in [0.1, 0.15) is 16.6 Å². The van der Waals surface area contributed by atoms with Crippen LogP contribution >= 0.6 is 22.7 Å². The molecule has 0 saturated carbocycles. The van der Waals surface area contributed by atoms with Crippen LogP contribution in [0.5, 0.6) is 0 Å². The number of nitrogens with one attached hydrogen (secondary N) is 1. The lowest BCUT2D eigenvalue weighted by Crippen LogP contribution is -2.05. The van der Waals surface area contributed by atoms with Crippen LogP contribution in [0, 0.1) is 18.6 Å². The molecule has 0 saturated heterocycles. The molecule has 11 heteroatoms. The van der Waals surface area contributed by atoms with Crippen LogP contribution in [0.3, 0.4) is 0 Å². The molecule has 4 aromatic rings. The topological polar surface area (TPSA) is 77.8 Å². The van der Waals surface area contributed by atoms with Gasteiger partial charge < -0.3 is 10.1 Å². The Morgan fingerprint density at radius 1 is 1.17 bits per heavy atom. The van der Waals surface area contributed by atoms with E-state index in [9.17, 15) is 8.78 Å². The molecule has 0 spiro atoms. The summed E-state index contributed by atoms with van der Waals surface area (Å²) < 4.78 is 34.6. The second-order valence-corrected chi connectivity index (χ2v) is 8.01. The van der Waals surface area contributed by atoms with Gasteiger partial charge in [-0.3, -0.25) is 4.68 Å². The van der Waals surface area contributed by atoms with Crippen LogP contribution in [0.15, 0.2) is 35.8 Å². The summed E-state index contributed by atoms with van der Waals surface area (Å²) in [5, 5.41) is 19.6. The van der Waals surface area contributed by atoms with Crippen molar-refractivity contribution in [3.8, 4) is 0 Å². The Bertz CT molecular complexity index is 1100. The highest BCUT2D eigenvalue weighted by molar-refractivity contribution is 7.15. The number of benzene rings is 1. The first-order valence-electron chi connectivity index (χ1n) is 8.55. The molecular formula is C18H16F2N6OS2. The van der Waals surface area contributed by atoms with E-state index < -0.39 is 11.6 Å². The Balaban J connectivity index is 1.47. The van der Waals surface area contributed by atoms with E-state index >= 15 is 0 Å². The van der Waals surface area contributed by atoms with Crippen molar-refractivity contribution >= 4 is 33.6 Å². The summed E-state index contributed by atoms with van der Waals surface area (Å²) >= 11 is 2.82. The van der Waals surface area contributed by atoms with Crippen molar-refractivity contribution in [3.63, 3.8) is 0 Å². The van der Waals surface area contributed by atoms with Gasteiger partial charge in [-0.2, -0.15) is 5.10 Å². The minimum Gasteiger partial charge on any atom is -0.367 e. The van der Waals surface area contributed by atoms with Crippen molar-refractivity contribution in [2.24, 2.45) is 0 Å². The average molecular weight is 434 g/mol. The van der Waals surface area contributed by atoms with Crippen molar-refractivity contribution in [3.05, 3.63) is 68.7 Å². The number of halogens is 2. The quantitative estimate of drug-likeness (QED) is 0.467. The largest absolute Gasteiger partial charge is 0.367 e. The van der Waals surface area contributed by atoms with Crippen molar-refractivity contribution in [2.75, 3.05) is 12.4 Å². The molecule has 3 heterocycles. The molecule has 150 valence electrons. The Labute approximate surface area is 173 Å². The number of thiazole rings is 1. The van der Waals surface area contributed by atoms with Crippen LogP contribution in [0.1, 0.15) is 27.4 Å². The molecule has 0 aliphatic heterocycles. The predicted octanol–water partition coefficient (Wildman–Crippen LogP) is 4.31. The van der Waals surface area contributed by atoms with Crippen LogP contribution < -0.4 is 5.32 Å². The van der Waals surface area contributed by atoms with Crippen LogP contribution in [0.2, 0.25) is 0 Å². The lowest BCUT2D eigenvalue weighted by atomic mass is 10.2. The first kappa shape index (κ1) is 19.6. The fourth-order valence-electron chi connectivity index (χ4n) is 2.66. The molecule has 1 atom stereocenters. The number of rotatable bonds is 7. The van der Waals surface area contributed by atoms with Gasteiger partial charge in [-0.25, -0.2) is 13.8 Å². The first-order valence-corrected chi connectivity index (χ1v) is 10.2. The van der Waals surface area contributed by atoms with Gasteiger partial charge in [0.2, 0.25) is 5.13 Å². The normalized spacial score (nSPS) is 12.3. The maximum Gasteiger partial charge on any atom is 0.211 e. The minimum absolute atomic E-state index is 0.0172. The summed E-state index contributed by atoms with van der Waals surface area (Å²) in [4.78, 5) is 4.44. The summed E-state index contributed by atoms with van der Waals surface area (Å²) in [5.41, 5.74) is 0.883. The van der Waals surface area contributed by atoms with E-state index in [0.29, 0.717) is 16.0 Å². The van der Waals surface area contributed by atoms with Crippen molar-refractivity contribution < 1.29 is 13.5 Å². The van der Waals surface area contributed by atoms with Crippen molar-refractivity contribution in [1.82, 2.24) is 25.0 Å². The van der Waals surface area contributed by atoms with E-state index in [2.05, 4.69) is 25.6 Å². The summed E-state index contributed by atoms with van der Waals surface area (Å²) in [6, 6.07) is 5.47. The molecule has 0 fully saturated rings. The molecule has 0 bridgehead atoms. The molecule has 0 aliphatic carbocycles. The highest BCUT2D eigenvalue weighted by Crippen LogP contribution is 2.32. The van der Waals surface area contributed by atoms with Crippen LogP contribution in [-0.4, -0.2) is 32.1 Å². The molecule has 0 aliphatic rings. The zero-order valence-corrected chi connectivity index (χ0v) is 17.1. The lowest BCUT2D eigenvalue weighted by molar-refractivity contribution is 0.135. The minimum atomic E-state index is -0.605. The SMILES string of the molecule is COC(c1nc(C)cs1)c1nnc(Nc2ccn(Cc3c(F)cccc3F)n2)s1. The molecule has 3 aromatic heterocycles. The number of nitrogens with zero attached hydrogens (tertiary/aromatic N) is 5. The average Bonchev–Trinajstić information content (AvgIpc) is 3.42. The summed E-state index contributed by atoms with van der Waals surface area (Å²) in [7, 11) is 1.60. The van der Waals surface area contributed by atoms with Gasteiger partial charge in [0.25, 0.3) is 0 Å². The monoisotopic (exact) mass is 434 g/mol. The predicted molar refractivity (Wildman–Crippen MR) is 107 cm³/mol. The van der Waals surface area contributed by atoms with E-state index in [4.69, 9.17) is 4.74 Å². The van der Waals surface area contributed by atoms with Crippen LogP contribution in [0.4, 0.5) is 19.7 Å². The standard InChI is InChI=1S/C18H16F2N6OS2/c1-10-9-28-16(21-10)15(27-2)17-23-24-18(29-17)22-14-6-7-26(25-14)8-11-12(19)4-3-5-13(11)20/h3-7,9,15H,8H2,1-2H3,(H,22,24,25). The van der Waals surface area contributed by atoms with Gasteiger partial charge in [-0.05, 0) is 19.1 Å². The van der Waals surface area contributed by atoms with Gasteiger partial charge >= 0.3 is 0 Å². The maximum absolute atomic E-state index is 13.8. The Kier molecular flexibility index (Phi) is 5.60. The van der Waals surface area contributed by atoms with E-state index in [1.807, 2.05) is 12.3 Å². The second kappa shape index (κ2) is 8.31. The molecule has 0 amide bonds. The Hall–Kier alpha value is -2.76. The highest BCUT2D eigenvalue weighted by atomic mass is 32.1. The van der Waals surface area contributed by atoms with Gasteiger partial charge in [-0.1, -0.05) is 17.4 Å². The molecule has 0 radical (unpaired) electrons. The summed E-state index contributed by atoms with van der Waals surface area (Å²) in [5.74, 6) is -0.720. The number of aryl methyl sites for hydroxylation is 1. The summed E-state index contributed by atoms with van der Waals surface area (Å²) in [6.45, 7) is 1.90. The zero-order valence-electron chi connectivity index (χ0n) is 15.5. The third-order valence-electron chi connectivity index (χ3n) is 4.02. The molecular weight excluding hydrogens is 418 g/mol. The fourth-order valence-corrected chi connectivity index (χ4v) is 4.44. The van der Waals surface area contributed by atoms with Gasteiger partial charge in [-0.15, -0.1) is 21.5 Å². The number of hydrogen-bond donors (Lipinski definition) is 1. The molecule has 1 aromatic carbocycles. The number of hydrogen-bond acceptors (Lipinski definition) is 8. The zero-order chi connectivity index (χ0) is 20.4. The number of methoxy groups -OCH3 is 1. The van der Waals surface area contributed by atoms with E-state index in [-0.39, 0.29) is 18.2 Å². The van der Waals surface area contributed by atoms with E-state index in [1.54, 1.807) is 19.4 Å². The third-order valence-corrected chi connectivity index (χ3v) is 5.91. The third kappa shape index (κ3) is 4.31. The number of ether oxygens (including phenoxy) is 1. The Morgan fingerprint density at radius 3 is 2.66 bits per heavy atom. The molecule has 29 heavy (non-hydrogen) atoms. The molecule has 4 rings (SSSR count). The Morgan fingerprint density at radius 2 is 1.97 bits per heavy atom. The smallest absolute Gasteiger partial charge is 0.211 e. The second-order valence-electron chi connectivity index (χ2n) is 6.11. The molecule has 7 nitrogen and oxygen atoms in total. The number of anilines is 2. The fraction of sp³-hybridized carbons (Fsp3) is 0.222. The number of aromatic nitrogens is 5. The maximum atomic E-state index is 13.8.